The lowest BCUT2D eigenvalue weighted by Gasteiger charge is -2.30. The third-order valence-corrected chi connectivity index (χ3v) is 3.56. The maximum Gasteiger partial charge on any atom is 0.252 e. The van der Waals surface area contributed by atoms with Crippen LogP contribution in [0.4, 0.5) is 0 Å². The van der Waals surface area contributed by atoms with Gasteiger partial charge in [0.05, 0.1) is 0 Å². The van der Waals surface area contributed by atoms with E-state index in [9.17, 15) is 4.79 Å². The lowest BCUT2D eigenvalue weighted by atomic mass is 9.93. The summed E-state index contributed by atoms with van der Waals surface area (Å²) < 4.78 is 12.7. The van der Waals surface area contributed by atoms with Gasteiger partial charge in [-0.3, -0.25) is 4.79 Å². The van der Waals surface area contributed by atoms with Crippen LogP contribution in [0.5, 0.6) is 11.5 Å². The Bertz CT molecular complexity index is 446. The molecule has 3 rings (SSSR count). The van der Waals surface area contributed by atoms with E-state index >= 15 is 0 Å². The average Bonchev–Trinajstić information content (AvgIpc) is 2.60. The van der Waals surface area contributed by atoms with Gasteiger partial charge in [0.25, 0.3) is 5.79 Å². The second kappa shape index (κ2) is 3.48. The smallest absolute Gasteiger partial charge is 0.252 e. The first-order chi connectivity index (χ1) is 7.67. The molecule has 0 bridgehead atoms. The average molecular weight is 283 g/mol. The number of hydrogen-bond donors (Lipinski definition) is 0. The first-order valence-electron chi connectivity index (χ1n) is 5.36. The topological polar surface area (TPSA) is 35.5 Å². The molecule has 0 saturated heterocycles. The third-order valence-electron chi connectivity index (χ3n) is 3.07. The molecule has 84 valence electrons. The van der Waals surface area contributed by atoms with Crippen LogP contribution < -0.4 is 9.47 Å². The Hall–Kier alpha value is -1.03. The van der Waals surface area contributed by atoms with Crippen molar-refractivity contribution in [3.8, 4) is 11.5 Å². The van der Waals surface area contributed by atoms with E-state index in [1.807, 2.05) is 18.2 Å². The van der Waals surface area contributed by atoms with Gasteiger partial charge in [0.15, 0.2) is 11.5 Å². The minimum Gasteiger partial charge on any atom is -0.448 e. The first-order valence-corrected chi connectivity index (χ1v) is 6.15. The minimum absolute atomic E-state index is 0.301. The fraction of sp³-hybridized carbons (Fsp3) is 0.417. The van der Waals surface area contributed by atoms with Gasteiger partial charge in [0.1, 0.15) is 5.78 Å². The molecule has 1 heterocycles. The van der Waals surface area contributed by atoms with Gasteiger partial charge < -0.3 is 9.47 Å². The van der Waals surface area contributed by atoms with Crippen molar-refractivity contribution in [3.05, 3.63) is 22.7 Å². The van der Waals surface area contributed by atoms with Gasteiger partial charge in [-0.25, -0.2) is 0 Å². The van der Waals surface area contributed by atoms with Gasteiger partial charge in [-0.05, 0) is 18.2 Å². The van der Waals surface area contributed by atoms with E-state index in [4.69, 9.17) is 9.47 Å². The Labute approximate surface area is 102 Å². The van der Waals surface area contributed by atoms with Crippen molar-refractivity contribution in [2.24, 2.45) is 0 Å². The van der Waals surface area contributed by atoms with E-state index in [1.165, 1.54) is 0 Å². The van der Waals surface area contributed by atoms with Crippen molar-refractivity contribution in [1.82, 2.24) is 0 Å². The molecule has 1 spiro atoms. The van der Waals surface area contributed by atoms with Gasteiger partial charge in [0, 0.05) is 30.2 Å². The Morgan fingerprint density at radius 3 is 2.56 bits per heavy atom. The maximum atomic E-state index is 11.2. The number of hydrogen-bond acceptors (Lipinski definition) is 3. The van der Waals surface area contributed by atoms with Crippen molar-refractivity contribution < 1.29 is 14.3 Å². The number of benzene rings is 1. The lowest BCUT2D eigenvalue weighted by molar-refractivity contribution is -0.138. The normalized spacial score (nSPS) is 21.4. The molecule has 4 heteroatoms. The zero-order valence-corrected chi connectivity index (χ0v) is 10.2. The Kier molecular flexibility index (Phi) is 2.21. The molecule has 1 aromatic carbocycles. The summed E-state index contributed by atoms with van der Waals surface area (Å²) in [6, 6.07) is 5.72. The van der Waals surface area contributed by atoms with Crippen molar-refractivity contribution in [2.45, 2.75) is 31.5 Å². The predicted molar refractivity (Wildman–Crippen MR) is 61.6 cm³/mol. The third kappa shape index (κ3) is 1.61. The Balaban J connectivity index is 1.87. The summed E-state index contributed by atoms with van der Waals surface area (Å²) in [4.78, 5) is 11.2. The van der Waals surface area contributed by atoms with E-state index in [0.717, 1.165) is 16.0 Å². The molecule has 0 radical (unpaired) electrons. The van der Waals surface area contributed by atoms with Crippen molar-refractivity contribution in [2.75, 3.05) is 0 Å². The summed E-state index contributed by atoms with van der Waals surface area (Å²) in [6.45, 7) is 0. The predicted octanol–water partition coefficient (Wildman–Crippen LogP) is 3.06. The van der Waals surface area contributed by atoms with Crippen LogP contribution in [0.2, 0.25) is 0 Å². The van der Waals surface area contributed by atoms with Crippen LogP contribution in [-0.2, 0) is 4.79 Å². The van der Waals surface area contributed by atoms with Gasteiger partial charge in [-0.1, -0.05) is 15.9 Å². The second-order valence-corrected chi connectivity index (χ2v) is 5.16. The highest BCUT2D eigenvalue weighted by Crippen LogP contribution is 2.45. The van der Waals surface area contributed by atoms with E-state index in [-0.39, 0.29) is 0 Å². The molecule has 0 N–H and O–H groups in total. The summed E-state index contributed by atoms with van der Waals surface area (Å²) in [5, 5.41) is 0. The molecular formula is C12H11BrO3. The van der Waals surface area contributed by atoms with Crippen molar-refractivity contribution >= 4 is 21.7 Å². The van der Waals surface area contributed by atoms with E-state index in [1.54, 1.807) is 0 Å². The van der Waals surface area contributed by atoms with E-state index in [2.05, 4.69) is 15.9 Å². The summed E-state index contributed by atoms with van der Waals surface area (Å²) in [7, 11) is 0. The molecule has 1 fully saturated rings. The standard InChI is InChI=1S/C12H11BrO3/c13-8-1-2-10-11(7-8)16-12(15-10)5-3-9(14)4-6-12/h1-2,7H,3-6H2. The number of rotatable bonds is 0. The summed E-state index contributed by atoms with van der Waals surface area (Å²) in [5.41, 5.74) is 0. The minimum atomic E-state index is -0.586. The van der Waals surface area contributed by atoms with Crippen LogP contribution in [0.1, 0.15) is 25.7 Å². The summed E-state index contributed by atoms with van der Waals surface area (Å²) >= 11 is 3.40. The lowest BCUT2D eigenvalue weighted by Crippen LogP contribution is -2.42. The van der Waals surface area contributed by atoms with Crippen LogP contribution in [0.25, 0.3) is 0 Å². The summed E-state index contributed by atoms with van der Waals surface area (Å²) in [5.74, 6) is 1.26. The van der Waals surface area contributed by atoms with E-state index < -0.39 is 5.79 Å². The number of carbonyl (C=O) groups is 1. The Morgan fingerprint density at radius 2 is 1.81 bits per heavy atom. The molecule has 0 unspecified atom stereocenters. The van der Waals surface area contributed by atoms with Crippen LogP contribution in [0, 0.1) is 0 Å². The zero-order valence-electron chi connectivity index (χ0n) is 8.66. The first kappa shape index (κ1) is 10.1. The molecule has 0 amide bonds. The maximum absolute atomic E-state index is 11.2. The number of ether oxygens (including phenoxy) is 2. The molecule has 1 aliphatic heterocycles. The molecule has 2 aliphatic rings. The SMILES string of the molecule is O=C1CCC2(CC1)Oc1ccc(Br)cc1O2. The molecule has 0 aromatic heterocycles. The highest BCUT2D eigenvalue weighted by atomic mass is 79.9. The second-order valence-electron chi connectivity index (χ2n) is 4.24. The molecule has 1 aliphatic carbocycles. The molecule has 0 atom stereocenters. The van der Waals surface area contributed by atoms with Gasteiger partial charge >= 0.3 is 0 Å². The fourth-order valence-corrected chi connectivity index (χ4v) is 2.52. The highest BCUT2D eigenvalue weighted by Gasteiger charge is 2.44. The number of fused-ring (bicyclic) bond motifs is 1. The Morgan fingerprint density at radius 1 is 1.12 bits per heavy atom. The largest absolute Gasteiger partial charge is 0.448 e. The van der Waals surface area contributed by atoms with Gasteiger partial charge in [-0.2, -0.15) is 0 Å². The number of ketones is 1. The van der Waals surface area contributed by atoms with Crippen molar-refractivity contribution in [1.29, 1.82) is 0 Å². The molecule has 16 heavy (non-hydrogen) atoms. The summed E-state index contributed by atoms with van der Waals surface area (Å²) in [6.07, 6.45) is 2.40. The quantitative estimate of drug-likeness (QED) is 0.734. The molecular weight excluding hydrogens is 272 g/mol. The van der Waals surface area contributed by atoms with Crippen LogP contribution in [-0.4, -0.2) is 11.6 Å². The number of Topliss-reactive ketones (excluding diaryl/α,β-unsaturated/α-hetero) is 1. The number of carbonyl (C=O) groups excluding carboxylic acids is 1. The fourth-order valence-electron chi connectivity index (χ4n) is 2.18. The van der Waals surface area contributed by atoms with Crippen LogP contribution in [0.3, 0.4) is 0 Å². The highest BCUT2D eigenvalue weighted by molar-refractivity contribution is 9.10. The monoisotopic (exact) mass is 282 g/mol. The van der Waals surface area contributed by atoms with Gasteiger partial charge in [-0.15, -0.1) is 0 Å². The van der Waals surface area contributed by atoms with Crippen LogP contribution in [0.15, 0.2) is 22.7 Å². The van der Waals surface area contributed by atoms with Crippen molar-refractivity contribution in [3.63, 3.8) is 0 Å². The molecule has 3 nitrogen and oxygen atoms in total. The zero-order chi connectivity index (χ0) is 11.2. The molecule has 1 saturated carbocycles. The van der Waals surface area contributed by atoms with E-state index in [0.29, 0.717) is 31.5 Å². The van der Waals surface area contributed by atoms with Crippen LogP contribution >= 0.6 is 15.9 Å². The van der Waals surface area contributed by atoms with Gasteiger partial charge in [0.2, 0.25) is 0 Å². The molecule has 1 aromatic rings. The number of halogens is 1.